The molecular formula is C14H22N2. The fourth-order valence-electron chi connectivity index (χ4n) is 2.63. The number of hydrogen-bond donors (Lipinski definition) is 1. The number of likely N-dealkylation sites (tertiary alicyclic amines) is 1. The second-order valence-electron chi connectivity index (χ2n) is 5.69. The van der Waals surface area contributed by atoms with Crippen LogP contribution < -0.4 is 5.73 Å². The van der Waals surface area contributed by atoms with Crippen LogP contribution in [-0.2, 0) is 0 Å². The van der Waals surface area contributed by atoms with Gasteiger partial charge in [0.25, 0.3) is 0 Å². The van der Waals surface area contributed by atoms with E-state index in [4.69, 9.17) is 5.73 Å². The third-order valence-electron chi connectivity index (χ3n) is 3.44. The van der Waals surface area contributed by atoms with E-state index in [9.17, 15) is 0 Å². The van der Waals surface area contributed by atoms with Crippen molar-refractivity contribution in [2.24, 2.45) is 0 Å². The van der Waals surface area contributed by atoms with Gasteiger partial charge in [-0.15, -0.1) is 0 Å². The second-order valence-corrected chi connectivity index (χ2v) is 5.69. The summed E-state index contributed by atoms with van der Waals surface area (Å²) in [5.74, 6) is 0. The van der Waals surface area contributed by atoms with Crippen LogP contribution in [0.25, 0.3) is 0 Å². The summed E-state index contributed by atoms with van der Waals surface area (Å²) in [5.41, 5.74) is 8.24. The molecule has 1 aliphatic heterocycles. The summed E-state index contributed by atoms with van der Waals surface area (Å²) in [6.45, 7) is 8.09. The van der Waals surface area contributed by atoms with Gasteiger partial charge in [0, 0.05) is 17.3 Å². The predicted octanol–water partition coefficient (Wildman–Crippen LogP) is 3.20. The van der Waals surface area contributed by atoms with Gasteiger partial charge in [-0.05, 0) is 57.9 Å². The van der Waals surface area contributed by atoms with E-state index in [1.807, 2.05) is 12.1 Å². The van der Waals surface area contributed by atoms with E-state index in [1.54, 1.807) is 0 Å². The largest absolute Gasteiger partial charge is 0.399 e. The molecule has 1 saturated heterocycles. The molecule has 1 atom stereocenters. The molecule has 0 aliphatic carbocycles. The molecule has 0 amide bonds. The molecule has 1 heterocycles. The Bertz CT molecular complexity index is 348. The molecule has 2 nitrogen and oxygen atoms in total. The summed E-state index contributed by atoms with van der Waals surface area (Å²) in [4.78, 5) is 2.60. The average molecular weight is 218 g/mol. The van der Waals surface area contributed by atoms with Crippen LogP contribution in [0, 0.1) is 0 Å². The van der Waals surface area contributed by atoms with Crippen LogP contribution in [0.15, 0.2) is 24.3 Å². The van der Waals surface area contributed by atoms with E-state index in [0.717, 1.165) is 5.69 Å². The lowest BCUT2D eigenvalue weighted by atomic mass is 9.99. The summed E-state index contributed by atoms with van der Waals surface area (Å²) in [6, 6.07) is 8.93. The molecule has 1 fully saturated rings. The third-order valence-corrected chi connectivity index (χ3v) is 3.44. The van der Waals surface area contributed by atoms with Gasteiger partial charge in [-0.1, -0.05) is 12.1 Å². The lowest BCUT2D eigenvalue weighted by molar-refractivity contribution is 0.121. The minimum absolute atomic E-state index is 0.253. The smallest absolute Gasteiger partial charge is 0.0353 e. The molecule has 1 aromatic rings. The van der Waals surface area contributed by atoms with E-state index >= 15 is 0 Å². The zero-order valence-electron chi connectivity index (χ0n) is 10.5. The van der Waals surface area contributed by atoms with Gasteiger partial charge in [0.1, 0.15) is 0 Å². The molecule has 88 valence electrons. The number of nitrogens with two attached hydrogens (primary N) is 1. The maximum absolute atomic E-state index is 5.73. The minimum atomic E-state index is 0.253. The Morgan fingerprint density at radius 1 is 1.19 bits per heavy atom. The Morgan fingerprint density at radius 2 is 1.81 bits per heavy atom. The van der Waals surface area contributed by atoms with Crippen LogP contribution in [0.5, 0.6) is 0 Å². The van der Waals surface area contributed by atoms with E-state index < -0.39 is 0 Å². The Balaban J connectivity index is 2.23. The zero-order valence-corrected chi connectivity index (χ0v) is 10.5. The first kappa shape index (κ1) is 11.5. The highest BCUT2D eigenvalue weighted by Crippen LogP contribution is 2.37. The molecule has 1 unspecified atom stereocenters. The van der Waals surface area contributed by atoms with E-state index in [2.05, 4.69) is 37.8 Å². The normalized spacial score (nSPS) is 22.6. The molecule has 1 aliphatic rings. The molecule has 0 aromatic heterocycles. The van der Waals surface area contributed by atoms with Gasteiger partial charge in [0.2, 0.25) is 0 Å². The minimum Gasteiger partial charge on any atom is -0.399 e. The summed E-state index contributed by atoms with van der Waals surface area (Å²) in [5, 5.41) is 0. The Morgan fingerprint density at radius 3 is 2.38 bits per heavy atom. The van der Waals surface area contributed by atoms with Gasteiger partial charge >= 0.3 is 0 Å². The number of rotatable bonds is 1. The van der Waals surface area contributed by atoms with Crippen LogP contribution in [0.2, 0.25) is 0 Å². The standard InChI is InChI=1S/C14H22N2/c1-14(2,3)16-10-4-5-13(16)11-6-8-12(15)9-7-11/h6-9,13H,4-5,10,15H2,1-3H3. The first-order valence-electron chi connectivity index (χ1n) is 6.10. The number of hydrogen-bond acceptors (Lipinski definition) is 2. The van der Waals surface area contributed by atoms with Crippen LogP contribution in [0.3, 0.4) is 0 Å². The monoisotopic (exact) mass is 218 g/mol. The van der Waals surface area contributed by atoms with Gasteiger partial charge in [0.15, 0.2) is 0 Å². The van der Waals surface area contributed by atoms with Gasteiger partial charge in [-0.25, -0.2) is 0 Å². The van der Waals surface area contributed by atoms with Crippen molar-refractivity contribution in [3.8, 4) is 0 Å². The van der Waals surface area contributed by atoms with Gasteiger partial charge < -0.3 is 5.73 Å². The quantitative estimate of drug-likeness (QED) is 0.733. The van der Waals surface area contributed by atoms with Gasteiger partial charge in [-0.2, -0.15) is 0 Å². The lowest BCUT2D eigenvalue weighted by Crippen LogP contribution is -2.40. The molecule has 16 heavy (non-hydrogen) atoms. The first-order valence-corrected chi connectivity index (χ1v) is 6.10. The van der Waals surface area contributed by atoms with Gasteiger partial charge in [0.05, 0.1) is 0 Å². The molecule has 2 rings (SSSR count). The molecule has 0 spiro atoms. The van der Waals surface area contributed by atoms with Gasteiger partial charge in [-0.3, -0.25) is 4.90 Å². The number of nitrogens with zero attached hydrogens (tertiary/aromatic N) is 1. The van der Waals surface area contributed by atoms with E-state index in [0.29, 0.717) is 6.04 Å². The lowest BCUT2D eigenvalue weighted by Gasteiger charge is -2.37. The van der Waals surface area contributed by atoms with Crippen molar-refractivity contribution in [2.45, 2.75) is 45.2 Å². The Hall–Kier alpha value is -1.02. The fraction of sp³-hybridized carbons (Fsp3) is 0.571. The topological polar surface area (TPSA) is 29.3 Å². The maximum atomic E-state index is 5.73. The summed E-state index contributed by atoms with van der Waals surface area (Å²) >= 11 is 0. The second kappa shape index (κ2) is 4.10. The zero-order chi connectivity index (χ0) is 11.8. The van der Waals surface area contributed by atoms with E-state index in [1.165, 1.54) is 24.9 Å². The van der Waals surface area contributed by atoms with Crippen LogP contribution in [0.1, 0.15) is 45.2 Å². The molecule has 0 bridgehead atoms. The molecular weight excluding hydrogens is 196 g/mol. The summed E-state index contributed by atoms with van der Waals surface area (Å²) in [6.07, 6.45) is 2.56. The van der Waals surface area contributed by atoms with Crippen LogP contribution >= 0.6 is 0 Å². The Labute approximate surface area is 98.4 Å². The van der Waals surface area contributed by atoms with Crippen LogP contribution in [0.4, 0.5) is 5.69 Å². The van der Waals surface area contributed by atoms with E-state index in [-0.39, 0.29) is 5.54 Å². The highest BCUT2D eigenvalue weighted by atomic mass is 15.2. The molecule has 0 radical (unpaired) electrons. The van der Waals surface area contributed by atoms with Crippen molar-refractivity contribution in [3.63, 3.8) is 0 Å². The van der Waals surface area contributed by atoms with Crippen molar-refractivity contribution in [3.05, 3.63) is 29.8 Å². The third kappa shape index (κ3) is 2.22. The SMILES string of the molecule is CC(C)(C)N1CCCC1c1ccc(N)cc1. The first-order chi connectivity index (χ1) is 7.48. The number of benzene rings is 1. The highest BCUT2D eigenvalue weighted by Gasteiger charge is 2.33. The maximum Gasteiger partial charge on any atom is 0.0353 e. The van der Waals surface area contributed by atoms with Crippen LogP contribution in [-0.4, -0.2) is 17.0 Å². The summed E-state index contributed by atoms with van der Waals surface area (Å²) < 4.78 is 0. The van der Waals surface area contributed by atoms with Crippen molar-refractivity contribution in [1.29, 1.82) is 0 Å². The van der Waals surface area contributed by atoms with Crippen molar-refractivity contribution < 1.29 is 0 Å². The molecule has 1 aromatic carbocycles. The summed E-state index contributed by atoms with van der Waals surface area (Å²) in [7, 11) is 0. The molecule has 0 saturated carbocycles. The molecule has 2 heteroatoms. The number of anilines is 1. The fourth-order valence-corrected chi connectivity index (χ4v) is 2.63. The van der Waals surface area contributed by atoms with Crippen molar-refractivity contribution >= 4 is 5.69 Å². The molecule has 2 N–H and O–H groups in total. The predicted molar refractivity (Wildman–Crippen MR) is 69.3 cm³/mol. The highest BCUT2D eigenvalue weighted by molar-refractivity contribution is 5.40. The van der Waals surface area contributed by atoms with Crippen molar-refractivity contribution in [2.75, 3.05) is 12.3 Å². The number of nitrogen functional groups attached to an aromatic ring is 1. The average Bonchev–Trinajstić information content (AvgIpc) is 2.66. The Kier molecular flexibility index (Phi) is 2.94. The van der Waals surface area contributed by atoms with Crippen molar-refractivity contribution in [1.82, 2.24) is 4.90 Å².